The molecule has 9 aromatic carbocycles. The lowest BCUT2D eigenvalue weighted by Crippen LogP contribution is -2.25. The van der Waals surface area contributed by atoms with Crippen molar-refractivity contribution in [1.29, 1.82) is 0 Å². The topological polar surface area (TPSA) is 0 Å². The Morgan fingerprint density at radius 3 is 1.37 bits per heavy atom. The lowest BCUT2D eigenvalue weighted by Gasteiger charge is -2.32. The zero-order valence-electron chi connectivity index (χ0n) is 30.5. The van der Waals surface area contributed by atoms with Crippen molar-refractivity contribution in [3.8, 4) is 44.5 Å². The molecule has 0 fully saturated rings. The maximum atomic E-state index is 2.54. The smallest absolute Gasteiger partial charge is 0.0441 e. The molecule has 0 heterocycles. The summed E-state index contributed by atoms with van der Waals surface area (Å²) in [6, 6.07) is 72.5. The monoisotopic (exact) mass is 686 g/mol. The zero-order chi connectivity index (χ0) is 36.0. The third kappa shape index (κ3) is 4.09. The van der Waals surface area contributed by atoms with Crippen molar-refractivity contribution in [2.45, 2.75) is 24.7 Å². The van der Waals surface area contributed by atoms with Gasteiger partial charge in [0.1, 0.15) is 0 Å². The van der Waals surface area contributed by atoms with Crippen molar-refractivity contribution < 1.29 is 0 Å². The second kappa shape index (κ2) is 11.5. The molecule has 0 saturated heterocycles. The summed E-state index contributed by atoms with van der Waals surface area (Å²) in [5.74, 6) is 0. The van der Waals surface area contributed by atoms with E-state index in [2.05, 4.69) is 208 Å². The summed E-state index contributed by atoms with van der Waals surface area (Å²) in [6.45, 7) is 4.90. The highest BCUT2D eigenvalue weighted by Gasteiger charge is 2.49. The molecule has 11 rings (SSSR count). The first kappa shape index (κ1) is 31.1. The maximum Gasteiger partial charge on any atom is 0.0441 e. The Balaban J connectivity index is 1.26. The molecule has 0 N–H and O–H groups in total. The molecule has 0 nitrogen and oxygen atoms in total. The fraction of sp³-hybridized carbons (Fsp3) is 0.0741. The number of benzene rings is 9. The van der Waals surface area contributed by atoms with Crippen LogP contribution in [0.25, 0.3) is 66.1 Å². The molecular formula is C54H38. The highest BCUT2D eigenvalue weighted by Crippen LogP contribution is 2.62. The van der Waals surface area contributed by atoms with Crippen molar-refractivity contribution in [3.05, 3.63) is 228 Å². The summed E-state index contributed by atoms with van der Waals surface area (Å²) in [4.78, 5) is 0. The number of hydrogen-bond donors (Lipinski definition) is 0. The van der Waals surface area contributed by atoms with Gasteiger partial charge in [-0.05, 0) is 119 Å². The van der Waals surface area contributed by atoms with Crippen molar-refractivity contribution in [3.63, 3.8) is 0 Å². The molecule has 254 valence electrons. The Morgan fingerprint density at radius 1 is 0.296 bits per heavy atom. The quantitative estimate of drug-likeness (QED) is 0.162. The second-order valence-corrected chi connectivity index (χ2v) is 15.4. The Kier molecular flexibility index (Phi) is 6.61. The molecule has 2 atom stereocenters. The number of rotatable bonds is 4. The molecule has 0 heteroatoms. The van der Waals surface area contributed by atoms with Crippen LogP contribution in [0.4, 0.5) is 0 Å². The Labute approximate surface area is 317 Å². The van der Waals surface area contributed by atoms with Gasteiger partial charge in [-0.3, -0.25) is 0 Å². The third-order valence-corrected chi connectivity index (χ3v) is 12.8. The van der Waals surface area contributed by atoms with Crippen LogP contribution in [0.5, 0.6) is 0 Å². The van der Waals surface area contributed by atoms with Crippen LogP contribution in [-0.2, 0) is 10.8 Å². The second-order valence-electron chi connectivity index (χ2n) is 15.4. The van der Waals surface area contributed by atoms with E-state index in [0.717, 1.165) is 0 Å². The van der Waals surface area contributed by atoms with Gasteiger partial charge in [0, 0.05) is 10.8 Å². The number of fused-ring (bicyclic) bond motifs is 9. The van der Waals surface area contributed by atoms with Crippen LogP contribution in [0.2, 0.25) is 0 Å². The van der Waals surface area contributed by atoms with E-state index in [0.29, 0.717) is 0 Å². The molecule has 9 aromatic rings. The number of hydrogen-bond acceptors (Lipinski definition) is 0. The predicted molar refractivity (Wildman–Crippen MR) is 227 cm³/mol. The molecule has 54 heavy (non-hydrogen) atoms. The summed E-state index contributed by atoms with van der Waals surface area (Å²) < 4.78 is 0. The lowest BCUT2D eigenvalue weighted by atomic mass is 9.70. The SMILES string of the molecule is CC1(c2ccccc2)c2ccc(-c3c4ccccc4c(-c4ccccc4)c4ccccc34)cc2-c2c1ccc1c2C(C)(c2ccccc2)c2ccccc2-1. The highest BCUT2D eigenvalue weighted by molar-refractivity contribution is 6.21. The minimum Gasteiger partial charge on any atom is -0.0622 e. The fourth-order valence-corrected chi connectivity index (χ4v) is 10.3. The fourth-order valence-electron chi connectivity index (χ4n) is 10.3. The van der Waals surface area contributed by atoms with Gasteiger partial charge in [0.05, 0.1) is 0 Å². The van der Waals surface area contributed by atoms with Crippen molar-refractivity contribution in [2.75, 3.05) is 0 Å². The minimum absolute atomic E-state index is 0.326. The summed E-state index contributed by atoms with van der Waals surface area (Å²) >= 11 is 0. The van der Waals surface area contributed by atoms with E-state index in [-0.39, 0.29) is 10.8 Å². The average Bonchev–Trinajstić information content (AvgIpc) is 3.66. The van der Waals surface area contributed by atoms with Gasteiger partial charge in [-0.2, -0.15) is 0 Å². The van der Waals surface area contributed by atoms with Gasteiger partial charge in [-0.25, -0.2) is 0 Å². The van der Waals surface area contributed by atoms with Crippen molar-refractivity contribution in [2.24, 2.45) is 0 Å². The van der Waals surface area contributed by atoms with Crippen LogP contribution in [0.15, 0.2) is 194 Å². The first-order chi connectivity index (χ1) is 26.6. The zero-order valence-corrected chi connectivity index (χ0v) is 30.5. The summed E-state index contributed by atoms with van der Waals surface area (Å²) in [6.07, 6.45) is 0. The van der Waals surface area contributed by atoms with Crippen LogP contribution in [0, 0.1) is 0 Å². The normalized spacial score (nSPS) is 18.0. The molecular weight excluding hydrogens is 649 g/mol. The molecule has 0 bridgehead atoms. The Bertz CT molecular complexity index is 2880. The summed E-state index contributed by atoms with van der Waals surface area (Å²) in [5.41, 5.74) is 18.0. The largest absolute Gasteiger partial charge is 0.0622 e. The van der Waals surface area contributed by atoms with Gasteiger partial charge in [0.2, 0.25) is 0 Å². The highest BCUT2D eigenvalue weighted by atomic mass is 14.5. The molecule has 2 unspecified atom stereocenters. The van der Waals surface area contributed by atoms with Gasteiger partial charge in [-0.15, -0.1) is 0 Å². The van der Waals surface area contributed by atoms with E-state index in [1.807, 2.05) is 0 Å². The van der Waals surface area contributed by atoms with Crippen molar-refractivity contribution >= 4 is 21.5 Å². The van der Waals surface area contributed by atoms with Gasteiger partial charge in [-0.1, -0.05) is 188 Å². The van der Waals surface area contributed by atoms with E-state index >= 15 is 0 Å². The van der Waals surface area contributed by atoms with E-state index in [1.165, 1.54) is 99.4 Å². The van der Waals surface area contributed by atoms with Crippen LogP contribution >= 0.6 is 0 Å². The molecule has 0 amide bonds. The van der Waals surface area contributed by atoms with Crippen LogP contribution in [0.1, 0.15) is 47.2 Å². The molecule has 0 saturated carbocycles. The Hall–Kier alpha value is -6.50. The maximum absolute atomic E-state index is 2.54. The third-order valence-electron chi connectivity index (χ3n) is 12.8. The van der Waals surface area contributed by atoms with E-state index in [9.17, 15) is 0 Å². The summed E-state index contributed by atoms with van der Waals surface area (Å²) in [7, 11) is 0. The Morgan fingerprint density at radius 2 is 0.759 bits per heavy atom. The first-order valence-corrected chi connectivity index (χ1v) is 19.1. The van der Waals surface area contributed by atoms with Gasteiger partial charge >= 0.3 is 0 Å². The molecule has 0 spiro atoms. The molecule has 0 aliphatic heterocycles. The van der Waals surface area contributed by atoms with Crippen LogP contribution in [0.3, 0.4) is 0 Å². The van der Waals surface area contributed by atoms with Gasteiger partial charge < -0.3 is 0 Å². The van der Waals surface area contributed by atoms with E-state index in [4.69, 9.17) is 0 Å². The molecule has 0 aromatic heterocycles. The van der Waals surface area contributed by atoms with E-state index < -0.39 is 0 Å². The molecule has 0 radical (unpaired) electrons. The standard InChI is InChI=1S/C54H38/c1-53(37-20-8-4-9-21-37)47-32-30-36(50-42-27-14-12-25-40(42)49(35-18-6-3-7-19-35)41-26-13-15-28-43(41)50)34-45(47)51-48(53)33-31-44-39-24-16-17-29-46(39)54(2,52(44)51)38-22-10-5-11-23-38/h3-34H,1-2H3. The van der Waals surface area contributed by atoms with E-state index in [1.54, 1.807) is 0 Å². The molecule has 2 aliphatic carbocycles. The van der Waals surface area contributed by atoms with Crippen LogP contribution < -0.4 is 0 Å². The summed E-state index contributed by atoms with van der Waals surface area (Å²) in [5, 5.41) is 5.11. The van der Waals surface area contributed by atoms with Gasteiger partial charge in [0.15, 0.2) is 0 Å². The average molecular weight is 687 g/mol. The van der Waals surface area contributed by atoms with Crippen LogP contribution in [-0.4, -0.2) is 0 Å². The predicted octanol–water partition coefficient (Wildman–Crippen LogP) is 14.0. The lowest BCUT2D eigenvalue weighted by molar-refractivity contribution is 0.700. The molecule has 2 aliphatic rings. The minimum atomic E-state index is -0.329. The van der Waals surface area contributed by atoms with Crippen molar-refractivity contribution in [1.82, 2.24) is 0 Å². The first-order valence-electron chi connectivity index (χ1n) is 19.1. The van der Waals surface area contributed by atoms with Gasteiger partial charge in [0.25, 0.3) is 0 Å².